The number of nitrogens with zero attached hydrogens (tertiary/aromatic N) is 3. The van der Waals surface area contributed by atoms with E-state index in [1.807, 2.05) is 0 Å². The first-order valence-electron chi connectivity index (χ1n) is 12.7. The van der Waals surface area contributed by atoms with Gasteiger partial charge < -0.3 is 19.9 Å². The van der Waals surface area contributed by atoms with Gasteiger partial charge in [0.25, 0.3) is 0 Å². The van der Waals surface area contributed by atoms with E-state index in [0.29, 0.717) is 34.6 Å². The van der Waals surface area contributed by atoms with Crippen LogP contribution in [-0.4, -0.2) is 49.5 Å². The summed E-state index contributed by atoms with van der Waals surface area (Å²) in [5, 5.41) is 16.7. The second-order valence-electron chi connectivity index (χ2n) is 10.4. The first-order chi connectivity index (χ1) is 18.4. The van der Waals surface area contributed by atoms with Crippen molar-refractivity contribution in [1.82, 2.24) is 19.7 Å². The number of hydrogen-bond donors (Lipinski definition) is 2. The fourth-order valence-electron chi connectivity index (χ4n) is 3.86. The number of rotatable bonds is 9. The molecule has 220 valence electrons. The zero-order valence-corrected chi connectivity index (χ0v) is 24.0. The maximum absolute atomic E-state index is 12.7. The highest BCUT2D eigenvalue weighted by Gasteiger charge is 2.31. The van der Waals surface area contributed by atoms with Crippen molar-refractivity contribution in [3.05, 3.63) is 69.9 Å². The van der Waals surface area contributed by atoms with Gasteiger partial charge in [0.2, 0.25) is 0 Å². The van der Waals surface area contributed by atoms with Crippen LogP contribution in [0.5, 0.6) is 11.5 Å². The molecule has 0 radical (unpaired) electrons. The summed E-state index contributed by atoms with van der Waals surface area (Å²) in [6.07, 6.45) is -3.53. The Kier molecular flexibility index (Phi) is 10.6. The molecule has 12 heteroatoms. The van der Waals surface area contributed by atoms with Crippen LogP contribution in [0, 0.1) is 13.8 Å². The van der Waals surface area contributed by atoms with Gasteiger partial charge in [0.15, 0.2) is 5.60 Å². The molecule has 2 aromatic carbocycles. The molecule has 0 aliphatic heterocycles. The van der Waals surface area contributed by atoms with Gasteiger partial charge >= 0.3 is 18.0 Å². The Bertz CT molecular complexity index is 1310. The zero-order chi connectivity index (χ0) is 30.4. The summed E-state index contributed by atoms with van der Waals surface area (Å²) in [5.41, 5.74) is 0.578. The number of aliphatic carboxylic acids is 1. The molecule has 9 nitrogen and oxygen atoms in total. The Labute approximate surface area is 231 Å². The van der Waals surface area contributed by atoms with Gasteiger partial charge in [0.1, 0.15) is 17.8 Å². The van der Waals surface area contributed by atoms with Crippen LogP contribution in [0.15, 0.2) is 47.5 Å². The molecule has 3 rings (SSSR count). The number of carboxylic acids is 1. The van der Waals surface area contributed by atoms with Crippen LogP contribution in [0.1, 0.15) is 58.2 Å². The number of benzene rings is 2. The molecule has 0 bridgehead atoms. The van der Waals surface area contributed by atoms with E-state index in [1.54, 1.807) is 26.0 Å². The molecule has 3 aromatic rings. The molecule has 0 spiro atoms. The van der Waals surface area contributed by atoms with Crippen LogP contribution < -0.4 is 20.5 Å². The highest BCUT2D eigenvalue weighted by Crippen LogP contribution is 2.29. The third kappa shape index (κ3) is 9.44. The van der Waals surface area contributed by atoms with Crippen LogP contribution in [0.3, 0.4) is 0 Å². The van der Waals surface area contributed by atoms with Crippen molar-refractivity contribution in [1.29, 1.82) is 0 Å². The van der Waals surface area contributed by atoms with Crippen molar-refractivity contribution in [2.75, 3.05) is 0 Å². The number of carbonyl (C=O) groups is 1. The Morgan fingerprint density at radius 1 is 1.00 bits per heavy atom. The minimum absolute atomic E-state index is 0.130. The predicted octanol–water partition coefficient (Wildman–Crippen LogP) is 5.23. The second kappa shape index (κ2) is 13.0. The molecule has 0 saturated heterocycles. The normalized spacial score (nSPS) is 11.8. The molecule has 1 heterocycles. The summed E-state index contributed by atoms with van der Waals surface area (Å²) in [5.74, 6) is -1.04. The summed E-state index contributed by atoms with van der Waals surface area (Å²) >= 11 is 0. The summed E-state index contributed by atoms with van der Waals surface area (Å²) in [6, 6.07) is 9.65. The van der Waals surface area contributed by atoms with Gasteiger partial charge in [0.05, 0.1) is 12.2 Å². The Morgan fingerprint density at radius 3 is 1.95 bits per heavy atom. The van der Waals surface area contributed by atoms with E-state index in [4.69, 9.17) is 4.74 Å². The summed E-state index contributed by atoms with van der Waals surface area (Å²) < 4.78 is 48.9. The quantitative estimate of drug-likeness (QED) is 0.365. The monoisotopic (exact) mass is 566 g/mol. The van der Waals surface area contributed by atoms with E-state index in [2.05, 4.69) is 42.8 Å². The molecule has 40 heavy (non-hydrogen) atoms. The van der Waals surface area contributed by atoms with Gasteiger partial charge in [-0.1, -0.05) is 39.8 Å². The zero-order valence-electron chi connectivity index (χ0n) is 24.0. The lowest BCUT2D eigenvalue weighted by atomic mass is 10.0. The number of alkyl halides is 3. The number of carboxylic acid groups (broad SMARTS) is 1. The Morgan fingerprint density at radius 2 is 1.52 bits per heavy atom. The molecule has 0 amide bonds. The van der Waals surface area contributed by atoms with Gasteiger partial charge in [-0.2, -0.15) is 5.10 Å². The highest BCUT2D eigenvalue weighted by molar-refractivity contribution is 5.77. The van der Waals surface area contributed by atoms with Crippen LogP contribution in [-0.2, 0) is 11.3 Å². The first kappa shape index (κ1) is 32.4. The number of aromatic nitrogens is 3. The largest absolute Gasteiger partial charge is 0.573 e. The van der Waals surface area contributed by atoms with Crippen molar-refractivity contribution < 1.29 is 32.5 Å². The number of aryl methyl sites for hydroxylation is 2. The van der Waals surface area contributed by atoms with Crippen molar-refractivity contribution in [3.8, 4) is 17.2 Å². The van der Waals surface area contributed by atoms with Crippen LogP contribution in [0.25, 0.3) is 5.69 Å². The Balaban J connectivity index is 0.000000708. The van der Waals surface area contributed by atoms with Crippen LogP contribution in [0.2, 0.25) is 0 Å². The van der Waals surface area contributed by atoms with Crippen molar-refractivity contribution >= 4 is 5.97 Å². The molecule has 0 fully saturated rings. The van der Waals surface area contributed by atoms with Crippen LogP contribution in [0.4, 0.5) is 13.2 Å². The van der Waals surface area contributed by atoms with E-state index in [1.165, 1.54) is 41.6 Å². The van der Waals surface area contributed by atoms with Gasteiger partial charge in [-0.05, 0) is 68.7 Å². The van der Waals surface area contributed by atoms with E-state index in [9.17, 15) is 27.9 Å². The smallest absolute Gasteiger partial charge is 0.478 e. The molecule has 0 unspecified atom stereocenters. The molecule has 0 atom stereocenters. The number of ether oxygens (including phenoxy) is 2. The number of hydrogen-bond acceptors (Lipinski definition) is 6. The molecular weight excluding hydrogens is 529 g/mol. The van der Waals surface area contributed by atoms with Crippen LogP contribution >= 0.6 is 0 Å². The van der Waals surface area contributed by atoms with Gasteiger partial charge in [0, 0.05) is 12.1 Å². The third-order valence-electron chi connectivity index (χ3n) is 5.47. The fraction of sp³-hybridized carbons (Fsp3) is 0.464. The van der Waals surface area contributed by atoms with Gasteiger partial charge in [-0.15, -0.1) is 13.2 Å². The molecule has 2 N–H and O–H groups in total. The maximum atomic E-state index is 12.7. The van der Waals surface area contributed by atoms with E-state index in [0.717, 1.165) is 17.7 Å². The standard InChI is InChI=1S/C22H22F3N3O5.C6H15N/c1-13-9-15(10-14(2)18(13)33-21(3,4)19(29)30)11-28-20(31)27(12-26-28)16-5-7-17(8-6-16)32-22(23,24)25;1-5(2)7-6(3)4/h5-10,12H,11H2,1-4H3,(H,29,30);5-7H,1-4H3. The average molecular weight is 567 g/mol. The van der Waals surface area contributed by atoms with Crippen molar-refractivity contribution in [2.24, 2.45) is 0 Å². The first-order valence-corrected chi connectivity index (χ1v) is 12.7. The lowest BCUT2D eigenvalue weighted by Gasteiger charge is -2.24. The maximum Gasteiger partial charge on any atom is 0.573 e. The van der Waals surface area contributed by atoms with E-state index >= 15 is 0 Å². The SMILES string of the molecule is CC(C)NC(C)C.Cc1cc(Cn2ncn(-c3ccc(OC(F)(F)F)cc3)c2=O)cc(C)c1OC(C)(C)C(=O)O. The average Bonchev–Trinajstić information content (AvgIpc) is 3.15. The summed E-state index contributed by atoms with van der Waals surface area (Å²) in [7, 11) is 0. The summed E-state index contributed by atoms with van der Waals surface area (Å²) in [4.78, 5) is 24.1. The molecule has 0 saturated carbocycles. The fourth-order valence-corrected chi connectivity index (χ4v) is 3.86. The van der Waals surface area contributed by atoms with Gasteiger partial charge in [-0.25, -0.2) is 18.8 Å². The lowest BCUT2D eigenvalue weighted by molar-refractivity contribution is -0.274. The van der Waals surface area contributed by atoms with E-state index < -0.39 is 29.4 Å². The molecular formula is C28H37F3N4O5. The Hall–Kier alpha value is -3.80. The predicted molar refractivity (Wildman–Crippen MR) is 145 cm³/mol. The van der Waals surface area contributed by atoms with E-state index in [-0.39, 0.29) is 6.54 Å². The topological polar surface area (TPSA) is 108 Å². The minimum atomic E-state index is -4.80. The highest BCUT2D eigenvalue weighted by atomic mass is 19.4. The third-order valence-corrected chi connectivity index (χ3v) is 5.47. The van der Waals surface area contributed by atoms with Gasteiger partial charge in [-0.3, -0.25) is 0 Å². The molecule has 0 aliphatic rings. The minimum Gasteiger partial charge on any atom is -0.478 e. The van der Waals surface area contributed by atoms with Crippen molar-refractivity contribution in [3.63, 3.8) is 0 Å². The van der Waals surface area contributed by atoms with Crippen molar-refractivity contribution in [2.45, 2.75) is 86.0 Å². The molecule has 0 aliphatic carbocycles. The number of halogens is 3. The summed E-state index contributed by atoms with van der Waals surface area (Å²) in [6.45, 7) is 15.2. The number of nitrogens with one attached hydrogen (secondary N) is 1. The molecule has 1 aromatic heterocycles. The lowest BCUT2D eigenvalue weighted by Crippen LogP contribution is -2.38. The second-order valence-corrected chi connectivity index (χ2v) is 10.4.